The minimum atomic E-state index is -3.26. The van der Waals surface area contributed by atoms with Crippen LogP contribution >= 0.6 is 0 Å². The van der Waals surface area contributed by atoms with Crippen molar-refractivity contribution < 1.29 is 17.9 Å². The van der Waals surface area contributed by atoms with E-state index in [1.165, 1.54) is 7.11 Å². The molecule has 0 aliphatic carbocycles. The molecule has 0 aromatic heterocycles. The molecule has 1 atom stereocenters. The first-order valence-electron chi connectivity index (χ1n) is 6.63. The van der Waals surface area contributed by atoms with Gasteiger partial charge in [0.2, 0.25) is 0 Å². The summed E-state index contributed by atoms with van der Waals surface area (Å²) in [6.45, 7) is 8.86. The van der Waals surface area contributed by atoms with Crippen molar-refractivity contribution in [1.82, 2.24) is 5.32 Å². The predicted octanol–water partition coefficient (Wildman–Crippen LogP) is 1.38. The van der Waals surface area contributed by atoms with Gasteiger partial charge in [-0.2, -0.15) is 0 Å². The standard InChI is InChI=1S/C13H27NO4S/c1-6-8-14-11(13(2,3)4)10-19(16,17)9-7-12(15)18-5/h11,14H,6-10H2,1-5H3. The molecule has 114 valence electrons. The molecule has 0 aliphatic rings. The Labute approximate surface area is 117 Å². The Morgan fingerprint density at radius 1 is 1.32 bits per heavy atom. The molecule has 1 N–H and O–H groups in total. The Kier molecular flexibility index (Phi) is 7.59. The lowest BCUT2D eigenvalue weighted by Gasteiger charge is -2.31. The van der Waals surface area contributed by atoms with E-state index in [-0.39, 0.29) is 29.4 Å². The summed E-state index contributed by atoms with van der Waals surface area (Å²) in [7, 11) is -2.00. The molecule has 0 fully saturated rings. The van der Waals surface area contributed by atoms with E-state index in [1.807, 2.05) is 27.7 Å². The second kappa shape index (κ2) is 7.85. The third-order valence-corrected chi connectivity index (χ3v) is 4.62. The van der Waals surface area contributed by atoms with E-state index in [2.05, 4.69) is 10.1 Å². The molecular formula is C13H27NO4S. The van der Waals surface area contributed by atoms with Crippen molar-refractivity contribution in [1.29, 1.82) is 0 Å². The number of ether oxygens (including phenoxy) is 1. The summed E-state index contributed by atoms with van der Waals surface area (Å²) < 4.78 is 28.5. The second-order valence-electron chi connectivity index (χ2n) is 5.81. The van der Waals surface area contributed by atoms with Gasteiger partial charge in [-0.25, -0.2) is 8.42 Å². The highest BCUT2D eigenvalue weighted by molar-refractivity contribution is 7.91. The van der Waals surface area contributed by atoms with Crippen molar-refractivity contribution in [2.75, 3.05) is 25.2 Å². The van der Waals surface area contributed by atoms with Crippen LogP contribution in [0.1, 0.15) is 40.5 Å². The minimum absolute atomic E-state index is 0.0491. The Morgan fingerprint density at radius 2 is 1.89 bits per heavy atom. The van der Waals surface area contributed by atoms with E-state index in [4.69, 9.17) is 0 Å². The Balaban J connectivity index is 4.59. The first-order valence-corrected chi connectivity index (χ1v) is 8.45. The van der Waals surface area contributed by atoms with Crippen LogP contribution in [0.4, 0.5) is 0 Å². The Morgan fingerprint density at radius 3 is 2.32 bits per heavy atom. The van der Waals surface area contributed by atoms with Crippen LogP contribution in [0.3, 0.4) is 0 Å². The van der Waals surface area contributed by atoms with Crippen LogP contribution in [-0.4, -0.2) is 45.6 Å². The van der Waals surface area contributed by atoms with E-state index in [9.17, 15) is 13.2 Å². The van der Waals surface area contributed by atoms with Gasteiger partial charge in [0, 0.05) is 6.04 Å². The number of carbonyl (C=O) groups excluding carboxylic acids is 1. The van der Waals surface area contributed by atoms with E-state index in [0.29, 0.717) is 0 Å². The zero-order chi connectivity index (χ0) is 15.1. The number of nitrogens with one attached hydrogen (secondary N) is 1. The molecule has 0 saturated carbocycles. The van der Waals surface area contributed by atoms with Crippen molar-refractivity contribution >= 4 is 15.8 Å². The second-order valence-corrected chi connectivity index (χ2v) is 8.04. The van der Waals surface area contributed by atoms with Gasteiger partial charge in [0.05, 0.1) is 25.0 Å². The van der Waals surface area contributed by atoms with Crippen molar-refractivity contribution in [2.45, 2.75) is 46.6 Å². The number of methoxy groups -OCH3 is 1. The molecule has 0 saturated heterocycles. The number of esters is 1. The number of carbonyl (C=O) groups is 1. The zero-order valence-electron chi connectivity index (χ0n) is 12.7. The van der Waals surface area contributed by atoms with Crippen LogP contribution in [-0.2, 0) is 19.4 Å². The predicted molar refractivity (Wildman–Crippen MR) is 76.8 cm³/mol. The molecule has 5 nitrogen and oxygen atoms in total. The first kappa shape index (κ1) is 18.4. The summed E-state index contributed by atoms with van der Waals surface area (Å²) in [6.07, 6.45) is 0.873. The highest BCUT2D eigenvalue weighted by Crippen LogP contribution is 2.21. The molecule has 0 amide bonds. The molecule has 0 spiro atoms. The maximum atomic E-state index is 12.0. The maximum Gasteiger partial charge on any atom is 0.306 e. The SMILES string of the molecule is CCCNC(CS(=O)(=O)CCC(=O)OC)C(C)(C)C. The molecule has 0 aromatic rings. The van der Waals surface area contributed by atoms with E-state index >= 15 is 0 Å². The maximum absolute atomic E-state index is 12.0. The summed E-state index contributed by atoms with van der Waals surface area (Å²) >= 11 is 0. The van der Waals surface area contributed by atoms with Crippen LogP contribution in [0.2, 0.25) is 0 Å². The van der Waals surface area contributed by atoms with Gasteiger partial charge in [-0.05, 0) is 18.4 Å². The number of sulfone groups is 1. The number of hydrogen-bond acceptors (Lipinski definition) is 5. The molecular weight excluding hydrogens is 266 g/mol. The van der Waals surface area contributed by atoms with Crippen LogP contribution in [0.25, 0.3) is 0 Å². The van der Waals surface area contributed by atoms with Crippen LogP contribution in [0.5, 0.6) is 0 Å². The van der Waals surface area contributed by atoms with E-state index in [1.54, 1.807) is 0 Å². The van der Waals surface area contributed by atoms with E-state index in [0.717, 1.165) is 13.0 Å². The van der Waals surface area contributed by atoms with Gasteiger partial charge in [0.25, 0.3) is 0 Å². The quantitative estimate of drug-likeness (QED) is 0.684. The van der Waals surface area contributed by atoms with Crippen molar-refractivity contribution in [3.05, 3.63) is 0 Å². The number of hydrogen-bond donors (Lipinski definition) is 1. The number of rotatable bonds is 8. The molecule has 0 aliphatic heterocycles. The molecule has 0 bridgehead atoms. The summed E-state index contributed by atoms with van der Waals surface area (Å²) in [5.74, 6) is -0.592. The van der Waals surface area contributed by atoms with Gasteiger partial charge in [-0.15, -0.1) is 0 Å². The highest BCUT2D eigenvalue weighted by Gasteiger charge is 2.29. The Hall–Kier alpha value is -0.620. The third-order valence-electron chi connectivity index (χ3n) is 2.95. The third kappa shape index (κ3) is 8.21. The lowest BCUT2D eigenvalue weighted by molar-refractivity contribution is -0.140. The molecule has 0 radical (unpaired) electrons. The fourth-order valence-corrected chi connectivity index (χ4v) is 3.38. The fourth-order valence-electron chi connectivity index (χ4n) is 1.61. The van der Waals surface area contributed by atoms with Gasteiger partial charge < -0.3 is 10.1 Å². The zero-order valence-corrected chi connectivity index (χ0v) is 13.5. The molecule has 19 heavy (non-hydrogen) atoms. The summed E-state index contributed by atoms with van der Waals surface area (Å²) in [5.41, 5.74) is -0.145. The average Bonchev–Trinajstić information content (AvgIpc) is 2.30. The van der Waals surface area contributed by atoms with Gasteiger partial charge in [-0.3, -0.25) is 4.79 Å². The lowest BCUT2D eigenvalue weighted by atomic mass is 9.88. The topological polar surface area (TPSA) is 72.5 Å². The smallest absolute Gasteiger partial charge is 0.306 e. The normalized spacial score (nSPS) is 14.2. The minimum Gasteiger partial charge on any atom is -0.469 e. The average molecular weight is 293 g/mol. The molecule has 0 heterocycles. The molecule has 0 aromatic carbocycles. The van der Waals surface area contributed by atoms with Crippen molar-refractivity contribution in [3.8, 4) is 0 Å². The van der Waals surface area contributed by atoms with Crippen LogP contribution < -0.4 is 5.32 Å². The molecule has 0 rings (SSSR count). The van der Waals surface area contributed by atoms with Gasteiger partial charge in [0.1, 0.15) is 0 Å². The molecule has 1 unspecified atom stereocenters. The highest BCUT2D eigenvalue weighted by atomic mass is 32.2. The van der Waals surface area contributed by atoms with Crippen molar-refractivity contribution in [2.24, 2.45) is 5.41 Å². The van der Waals surface area contributed by atoms with Gasteiger partial charge in [-0.1, -0.05) is 27.7 Å². The van der Waals surface area contributed by atoms with E-state index < -0.39 is 15.8 Å². The van der Waals surface area contributed by atoms with Crippen LogP contribution in [0, 0.1) is 5.41 Å². The lowest BCUT2D eigenvalue weighted by Crippen LogP contribution is -2.46. The summed E-state index contributed by atoms with van der Waals surface area (Å²) in [4.78, 5) is 11.0. The van der Waals surface area contributed by atoms with Crippen LogP contribution in [0.15, 0.2) is 0 Å². The summed E-state index contributed by atoms with van der Waals surface area (Å²) in [6, 6.07) is -0.116. The van der Waals surface area contributed by atoms with Gasteiger partial charge >= 0.3 is 5.97 Å². The fraction of sp³-hybridized carbons (Fsp3) is 0.923. The Bertz CT molecular complexity index is 371. The summed E-state index contributed by atoms with van der Waals surface area (Å²) in [5, 5.41) is 3.27. The molecule has 6 heteroatoms. The first-order chi connectivity index (χ1) is 8.62. The van der Waals surface area contributed by atoms with Crippen molar-refractivity contribution in [3.63, 3.8) is 0 Å². The van der Waals surface area contributed by atoms with Gasteiger partial charge in [0.15, 0.2) is 9.84 Å². The largest absolute Gasteiger partial charge is 0.469 e. The monoisotopic (exact) mass is 293 g/mol.